The van der Waals surface area contributed by atoms with Crippen LogP contribution in [0.25, 0.3) is 0 Å². The van der Waals surface area contributed by atoms with E-state index in [1.54, 1.807) is 0 Å². The maximum absolute atomic E-state index is 6.16. The number of piperidine rings is 1. The molecule has 1 aliphatic heterocycles. The minimum absolute atomic E-state index is 0.522. The van der Waals surface area contributed by atoms with E-state index in [9.17, 15) is 0 Å². The molecule has 1 aromatic heterocycles. The van der Waals surface area contributed by atoms with Crippen molar-refractivity contribution >= 4 is 17.4 Å². The summed E-state index contributed by atoms with van der Waals surface area (Å²) in [5.74, 6) is 1.68. The largest absolute Gasteiger partial charge is 0.368 e. The van der Waals surface area contributed by atoms with Crippen LogP contribution in [0, 0.1) is 6.92 Å². The van der Waals surface area contributed by atoms with Gasteiger partial charge in [0.2, 0.25) is 0 Å². The fourth-order valence-corrected chi connectivity index (χ4v) is 2.78. The van der Waals surface area contributed by atoms with Crippen molar-refractivity contribution in [3.05, 3.63) is 16.5 Å². The van der Waals surface area contributed by atoms with E-state index < -0.39 is 0 Å². The zero-order valence-corrected chi connectivity index (χ0v) is 13.5. The third-order valence-electron chi connectivity index (χ3n) is 4.03. The van der Waals surface area contributed by atoms with Gasteiger partial charge in [-0.25, -0.2) is 9.97 Å². The predicted molar refractivity (Wildman–Crippen MR) is 84.5 cm³/mol. The number of rotatable bonds is 5. The third kappa shape index (κ3) is 3.83. The number of nitrogens with zero attached hydrogens (tertiary/aromatic N) is 3. The first-order chi connectivity index (χ1) is 9.61. The van der Waals surface area contributed by atoms with Gasteiger partial charge in [0.1, 0.15) is 16.8 Å². The third-order valence-corrected chi connectivity index (χ3v) is 4.40. The molecule has 0 bridgehead atoms. The molecule has 1 unspecified atom stereocenters. The van der Waals surface area contributed by atoms with Crippen LogP contribution < -0.4 is 5.32 Å². The predicted octanol–water partition coefficient (Wildman–Crippen LogP) is 3.29. The molecule has 0 saturated carbocycles. The molecule has 1 aliphatic rings. The minimum Gasteiger partial charge on any atom is -0.368 e. The Labute approximate surface area is 126 Å². The van der Waals surface area contributed by atoms with Crippen LogP contribution in [0.1, 0.15) is 44.5 Å². The number of halogens is 1. The van der Waals surface area contributed by atoms with Crippen LogP contribution >= 0.6 is 11.6 Å². The monoisotopic (exact) mass is 296 g/mol. The minimum atomic E-state index is 0.522. The van der Waals surface area contributed by atoms with Gasteiger partial charge in [-0.3, -0.25) is 4.90 Å². The van der Waals surface area contributed by atoms with E-state index in [0.29, 0.717) is 11.2 Å². The maximum Gasteiger partial charge on any atom is 0.137 e. The lowest BCUT2D eigenvalue weighted by Gasteiger charge is -2.32. The molecule has 0 amide bonds. The quantitative estimate of drug-likeness (QED) is 0.847. The van der Waals surface area contributed by atoms with Crippen molar-refractivity contribution in [3.8, 4) is 0 Å². The summed E-state index contributed by atoms with van der Waals surface area (Å²) in [6.07, 6.45) is 4.82. The van der Waals surface area contributed by atoms with E-state index in [4.69, 9.17) is 11.6 Å². The summed E-state index contributed by atoms with van der Waals surface area (Å²) in [6, 6.07) is 0.522. The van der Waals surface area contributed by atoms with Crippen molar-refractivity contribution in [3.63, 3.8) is 0 Å². The van der Waals surface area contributed by atoms with E-state index in [1.165, 1.54) is 32.4 Å². The first-order valence-electron chi connectivity index (χ1n) is 7.62. The number of likely N-dealkylation sites (tertiary alicyclic amines) is 1. The molecule has 1 fully saturated rings. The smallest absolute Gasteiger partial charge is 0.137 e. The van der Waals surface area contributed by atoms with Crippen LogP contribution in [-0.4, -0.2) is 40.5 Å². The maximum atomic E-state index is 6.16. The van der Waals surface area contributed by atoms with Crippen molar-refractivity contribution in [1.29, 1.82) is 0 Å². The number of aromatic nitrogens is 2. The molecule has 1 atom stereocenters. The van der Waals surface area contributed by atoms with Gasteiger partial charge < -0.3 is 5.32 Å². The Balaban J connectivity index is 1.97. The summed E-state index contributed by atoms with van der Waals surface area (Å²) in [6.45, 7) is 9.62. The Morgan fingerprint density at radius 2 is 1.95 bits per heavy atom. The van der Waals surface area contributed by atoms with Crippen molar-refractivity contribution in [2.24, 2.45) is 0 Å². The van der Waals surface area contributed by atoms with Gasteiger partial charge >= 0.3 is 0 Å². The first kappa shape index (κ1) is 15.5. The Morgan fingerprint density at radius 3 is 2.60 bits per heavy atom. The second-order valence-electron chi connectivity index (χ2n) is 5.58. The standard InChI is InChI=1S/C15H25ClN4/c1-4-13-18-14(16)12(3)15(19-13)17-10-11(2)20-8-6-5-7-9-20/h11H,4-10H2,1-3H3,(H,17,18,19). The number of hydrogen-bond donors (Lipinski definition) is 1. The first-order valence-corrected chi connectivity index (χ1v) is 8.00. The van der Waals surface area contributed by atoms with Gasteiger partial charge in [-0.1, -0.05) is 24.9 Å². The highest BCUT2D eigenvalue weighted by atomic mass is 35.5. The molecule has 5 heteroatoms. The fourth-order valence-electron chi connectivity index (χ4n) is 2.60. The number of aryl methyl sites for hydroxylation is 1. The summed E-state index contributed by atoms with van der Waals surface area (Å²) < 4.78 is 0. The topological polar surface area (TPSA) is 41.1 Å². The van der Waals surface area contributed by atoms with Gasteiger partial charge in [0.15, 0.2) is 0 Å². The fraction of sp³-hybridized carbons (Fsp3) is 0.733. The van der Waals surface area contributed by atoms with Crippen LogP contribution in [0.4, 0.5) is 5.82 Å². The second kappa shape index (κ2) is 7.23. The molecular formula is C15H25ClN4. The Morgan fingerprint density at radius 1 is 1.25 bits per heavy atom. The SMILES string of the molecule is CCc1nc(Cl)c(C)c(NCC(C)N2CCCCC2)n1. The highest BCUT2D eigenvalue weighted by Gasteiger charge is 2.17. The summed E-state index contributed by atoms with van der Waals surface area (Å²) in [7, 11) is 0. The van der Waals surface area contributed by atoms with Gasteiger partial charge in [0.25, 0.3) is 0 Å². The molecular weight excluding hydrogens is 272 g/mol. The van der Waals surface area contributed by atoms with Gasteiger partial charge in [-0.2, -0.15) is 0 Å². The van der Waals surface area contributed by atoms with E-state index in [0.717, 1.165) is 30.2 Å². The molecule has 1 saturated heterocycles. The molecule has 0 aromatic carbocycles. The molecule has 0 aliphatic carbocycles. The van der Waals surface area contributed by atoms with Crippen LogP contribution in [-0.2, 0) is 6.42 Å². The van der Waals surface area contributed by atoms with Gasteiger partial charge in [0.05, 0.1) is 0 Å². The Kier molecular flexibility index (Phi) is 5.61. The average Bonchev–Trinajstić information content (AvgIpc) is 2.49. The van der Waals surface area contributed by atoms with Crippen molar-refractivity contribution < 1.29 is 0 Å². The normalized spacial score (nSPS) is 18.0. The molecule has 2 rings (SSSR count). The second-order valence-corrected chi connectivity index (χ2v) is 5.94. The van der Waals surface area contributed by atoms with Crippen LogP contribution in [0.15, 0.2) is 0 Å². The number of nitrogens with one attached hydrogen (secondary N) is 1. The van der Waals surface area contributed by atoms with Crippen LogP contribution in [0.3, 0.4) is 0 Å². The van der Waals surface area contributed by atoms with Gasteiger partial charge in [-0.05, 0) is 39.8 Å². The van der Waals surface area contributed by atoms with E-state index in [2.05, 4.69) is 27.1 Å². The summed E-state index contributed by atoms with van der Waals surface area (Å²) >= 11 is 6.16. The van der Waals surface area contributed by atoms with Crippen LogP contribution in [0.2, 0.25) is 5.15 Å². The zero-order chi connectivity index (χ0) is 14.5. The number of hydrogen-bond acceptors (Lipinski definition) is 4. The molecule has 2 heterocycles. The lowest BCUT2D eigenvalue weighted by Crippen LogP contribution is -2.41. The van der Waals surface area contributed by atoms with E-state index in [-0.39, 0.29) is 0 Å². The average molecular weight is 297 g/mol. The summed E-state index contributed by atoms with van der Waals surface area (Å²) in [4.78, 5) is 11.4. The van der Waals surface area contributed by atoms with Gasteiger partial charge in [0, 0.05) is 24.6 Å². The summed E-state index contributed by atoms with van der Waals surface area (Å²) in [5.41, 5.74) is 0.940. The van der Waals surface area contributed by atoms with Crippen molar-refractivity contribution in [2.45, 2.75) is 52.5 Å². The van der Waals surface area contributed by atoms with Gasteiger partial charge in [-0.15, -0.1) is 0 Å². The zero-order valence-electron chi connectivity index (χ0n) is 12.7. The molecule has 0 spiro atoms. The van der Waals surface area contributed by atoms with E-state index in [1.807, 2.05) is 13.8 Å². The lowest BCUT2D eigenvalue weighted by atomic mass is 10.1. The molecule has 1 N–H and O–H groups in total. The Hall–Kier alpha value is -0.870. The highest BCUT2D eigenvalue weighted by molar-refractivity contribution is 6.30. The van der Waals surface area contributed by atoms with E-state index >= 15 is 0 Å². The lowest BCUT2D eigenvalue weighted by molar-refractivity contribution is 0.180. The highest BCUT2D eigenvalue weighted by Crippen LogP contribution is 2.20. The molecule has 1 aromatic rings. The van der Waals surface area contributed by atoms with Crippen LogP contribution in [0.5, 0.6) is 0 Å². The van der Waals surface area contributed by atoms with Crippen molar-refractivity contribution in [1.82, 2.24) is 14.9 Å². The Bertz CT molecular complexity index is 444. The molecule has 20 heavy (non-hydrogen) atoms. The molecule has 0 radical (unpaired) electrons. The van der Waals surface area contributed by atoms with Crippen molar-refractivity contribution in [2.75, 3.05) is 25.0 Å². The molecule has 4 nitrogen and oxygen atoms in total. The number of anilines is 1. The molecule has 112 valence electrons. The summed E-state index contributed by atoms with van der Waals surface area (Å²) in [5, 5.41) is 4.01.